The molecule has 0 saturated heterocycles. The molecule has 0 amide bonds. The monoisotopic (exact) mass is 342 g/mol. The van der Waals surface area contributed by atoms with E-state index >= 15 is 0 Å². The van der Waals surface area contributed by atoms with E-state index in [1.165, 1.54) is 24.3 Å². The number of hydrogen-bond acceptors (Lipinski definition) is 6. The first kappa shape index (κ1) is 18.2. The third-order valence-electron chi connectivity index (χ3n) is 3.11. The Balaban J connectivity index is 2.02. The summed E-state index contributed by atoms with van der Waals surface area (Å²) in [6.07, 6.45) is 0.215. The topological polar surface area (TPSA) is 78.9 Å². The van der Waals surface area contributed by atoms with Gasteiger partial charge in [0.2, 0.25) is 0 Å². The van der Waals surface area contributed by atoms with Crippen LogP contribution < -0.4 is 4.74 Å². The minimum absolute atomic E-state index is 0.0135. The average molecular weight is 342 g/mol. The lowest BCUT2D eigenvalue weighted by Crippen LogP contribution is -2.15. The van der Waals surface area contributed by atoms with Crippen LogP contribution in [0.5, 0.6) is 5.75 Å². The predicted octanol–water partition coefficient (Wildman–Crippen LogP) is 3.57. The van der Waals surface area contributed by atoms with Crippen molar-refractivity contribution in [3.63, 3.8) is 0 Å². The van der Waals surface area contributed by atoms with Gasteiger partial charge in [-0.3, -0.25) is 4.79 Å². The third-order valence-corrected chi connectivity index (χ3v) is 3.11. The second-order valence-electron chi connectivity index (χ2n) is 5.68. The van der Waals surface area contributed by atoms with E-state index in [1.54, 1.807) is 30.3 Å². The van der Waals surface area contributed by atoms with Gasteiger partial charge in [0.25, 0.3) is 0 Å². The van der Waals surface area contributed by atoms with Crippen LogP contribution in [0.2, 0.25) is 0 Å². The number of benzene rings is 2. The average Bonchev–Trinajstić information content (AvgIpc) is 2.60. The van der Waals surface area contributed by atoms with E-state index in [2.05, 4.69) is 9.78 Å². The Morgan fingerprint density at radius 1 is 0.840 bits per heavy atom. The normalized spacial score (nSPS) is 10.2. The lowest BCUT2D eigenvalue weighted by molar-refractivity contribution is -0.187. The van der Waals surface area contributed by atoms with Crippen molar-refractivity contribution in [1.82, 2.24) is 0 Å². The smallest absolute Gasteiger partial charge is 0.390 e. The van der Waals surface area contributed by atoms with Crippen molar-refractivity contribution >= 4 is 17.9 Å². The van der Waals surface area contributed by atoms with Crippen molar-refractivity contribution in [2.45, 2.75) is 20.3 Å². The molecule has 2 aromatic carbocycles. The Kier molecular flexibility index (Phi) is 6.28. The number of ether oxygens (including phenoxy) is 1. The Bertz CT molecular complexity index is 752. The molecular formula is C19H18O6. The second-order valence-corrected chi connectivity index (χ2v) is 5.68. The summed E-state index contributed by atoms with van der Waals surface area (Å²) < 4.78 is 5.19. The predicted molar refractivity (Wildman–Crippen MR) is 88.8 cm³/mol. The van der Waals surface area contributed by atoms with E-state index in [0.29, 0.717) is 0 Å². The summed E-state index contributed by atoms with van der Waals surface area (Å²) in [6.45, 7) is 3.76. The minimum atomic E-state index is -0.933. The van der Waals surface area contributed by atoms with E-state index in [-0.39, 0.29) is 29.2 Å². The molecule has 0 atom stereocenters. The first-order valence-electron chi connectivity index (χ1n) is 7.75. The fraction of sp³-hybridized carbons (Fsp3) is 0.211. The molecule has 0 bridgehead atoms. The van der Waals surface area contributed by atoms with Crippen LogP contribution in [0.3, 0.4) is 0 Å². The number of hydrogen-bond donors (Lipinski definition) is 0. The molecule has 2 rings (SSSR count). The molecule has 0 saturated carbocycles. The second kappa shape index (κ2) is 8.63. The van der Waals surface area contributed by atoms with Crippen LogP contribution >= 0.6 is 0 Å². The van der Waals surface area contributed by atoms with Gasteiger partial charge in [-0.2, -0.15) is 0 Å². The largest absolute Gasteiger partial charge is 0.426 e. The van der Waals surface area contributed by atoms with Crippen LogP contribution in [0, 0.1) is 5.92 Å². The highest BCUT2D eigenvalue weighted by molar-refractivity contribution is 5.94. The zero-order chi connectivity index (χ0) is 18.2. The van der Waals surface area contributed by atoms with Crippen molar-refractivity contribution in [3.05, 3.63) is 65.7 Å². The number of rotatable bonds is 5. The maximum atomic E-state index is 12.1. The van der Waals surface area contributed by atoms with Gasteiger partial charge < -0.3 is 4.74 Å². The van der Waals surface area contributed by atoms with E-state index < -0.39 is 17.9 Å². The molecule has 2 aromatic rings. The number of carbonyl (C=O) groups is 3. The van der Waals surface area contributed by atoms with Crippen LogP contribution in [0.1, 0.15) is 41.0 Å². The number of carbonyl (C=O) groups excluding carboxylic acids is 3. The highest BCUT2D eigenvalue weighted by Crippen LogP contribution is 2.20. The third kappa shape index (κ3) is 5.46. The zero-order valence-electron chi connectivity index (χ0n) is 13.9. The summed E-state index contributed by atoms with van der Waals surface area (Å²) in [5.74, 6) is -2.02. The SMILES string of the molecule is CC(C)CC(=O)Oc1ccccc1C(=O)OOC(=O)c1ccccc1. The molecule has 0 aliphatic rings. The van der Waals surface area contributed by atoms with Crippen LogP contribution in [-0.4, -0.2) is 17.9 Å². The van der Waals surface area contributed by atoms with E-state index in [4.69, 9.17) is 4.74 Å². The van der Waals surface area contributed by atoms with Gasteiger partial charge in [-0.1, -0.05) is 44.2 Å². The molecule has 0 aromatic heterocycles. The van der Waals surface area contributed by atoms with Gasteiger partial charge in [-0.05, 0) is 30.2 Å². The van der Waals surface area contributed by atoms with Crippen LogP contribution in [0.15, 0.2) is 54.6 Å². The van der Waals surface area contributed by atoms with Gasteiger partial charge in [0.15, 0.2) is 0 Å². The fourth-order valence-corrected chi connectivity index (χ4v) is 1.96. The van der Waals surface area contributed by atoms with Crippen molar-refractivity contribution < 1.29 is 28.9 Å². The molecule has 0 fully saturated rings. The number of para-hydroxylation sites is 1. The summed E-state index contributed by atoms with van der Waals surface area (Å²) in [5, 5.41) is 0. The Hall–Kier alpha value is -3.15. The highest BCUT2D eigenvalue weighted by Gasteiger charge is 2.19. The molecule has 25 heavy (non-hydrogen) atoms. The summed E-state index contributed by atoms with van der Waals surface area (Å²) in [5.41, 5.74) is 0.229. The minimum Gasteiger partial charge on any atom is -0.426 e. The number of esters is 1. The Morgan fingerprint density at radius 3 is 2.12 bits per heavy atom. The van der Waals surface area contributed by atoms with Gasteiger partial charge in [0, 0.05) is 6.42 Å². The fourth-order valence-electron chi connectivity index (χ4n) is 1.96. The van der Waals surface area contributed by atoms with Crippen LogP contribution in [0.4, 0.5) is 0 Å². The van der Waals surface area contributed by atoms with E-state index in [0.717, 1.165) is 0 Å². The standard InChI is InChI=1S/C19H18O6/c1-13(2)12-17(20)23-16-11-7-6-10-15(16)19(22)25-24-18(21)14-8-4-3-5-9-14/h3-11,13H,12H2,1-2H3. The molecule has 0 N–H and O–H groups in total. The molecule has 0 unspecified atom stereocenters. The molecule has 0 heterocycles. The Labute approximate surface area is 145 Å². The van der Waals surface area contributed by atoms with Gasteiger partial charge >= 0.3 is 17.9 Å². The maximum Gasteiger partial charge on any atom is 0.390 e. The van der Waals surface area contributed by atoms with Crippen molar-refractivity contribution in [2.24, 2.45) is 5.92 Å². The van der Waals surface area contributed by atoms with Crippen LogP contribution in [0.25, 0.3) is 0 Å². The molecule has 0 aliphatic carbocycles. The molecule has 0 radical (unpaired) electrons. The Morgan fingerprint density at radius 2 is 1.44 bits per heavy atom. The molecule has 6 heteroatoms. The first-order chi connectivity index (χ1) is 12.0. The molecule has 0 spiro atoms. The lowest BCUT2D eigenvalue weighted by Gasteiger charge is -2.10. The molecule has 130 valence electrons. The van der Waals surface area contributed by atoms with Gasteiger partial charge in [-0.15, -0.1) is 0 Å². The van der Waals surface area contributed by atoms with Gasteiger partial charge in [0.05, 0.1) is 5.56 Å². The van der Waals surface area contributed by atoms with E-state index in [1.807, 2.05) is 13.8 Å². The summed E-state index contributed by atoms with van der Waals surface area (Å²) >= 11 is 0. The van der Waals surface area contributed by atoms with Gasteiger partial charge in [-0.25, -0.2) is 19.4 Å². The van der Waals surface area contributed by atoms with Crippen molar-refractivity contribution in [1.29, 1.82) is 0 Å². The van der Waals surface area contributed by atoms with Crippen molar-refractivity contribution in [3.8, 4) is 5.75 Å². The summed E-state index contributed by atoms with van der Waals surface area (Å²) in [7, 11) is 0. The first-order valence-corrected chi connectivity index (χ1v) is 7.75. The zero-order valence-corrected chi connectivity index (χ0v) is 13.9. The van der Waals surface area contributed by atoms with Crippen LogP contribution in [-0.2, 0) is 14.6 Å². The molecule has 6 nitrogen and oxygen atoms in total. The summed E-state index contributed by atoms with van der Waals surface area (Å²) in [4.78, 5) is 44.8. The quantitative estimate of drug-likeness (QED) is 0.358. The molecular weight excluding hydrogens is 324 g/mol. The highest BCUT2D eigenvalue weighted by atomic mass is 17.2. The van der Waals surface area contributed by atoms with Crippen molar-refractivity contribution in [2.75, 3.05) is 0 Å². The van der Waals surface area contributed by atoms with Gasteiger partial charge in [0.1, 0.15) is 11.3 Å². The molecule has 0 aliphatic heterocycles. The maximum absolute atomic E-state index is 12.1. The lowest BCUT2D eigenvalue weighted by atomic mass is 10.1. The van der Waals surface area contributed by atoms with E-state index in [9.17, 15) is 14.4 Å². The summed E-state index contributed by atoms with van der Waals surface area (Å²) in [6, 6.07) is 14.2.